The van der Waals surface area contributed by atoms with Crippen LogP contribution in [0.1, 0.15) is 12.5 Å². The zero-order valence-electron chi connectivity index (χ0n) is 20.3. The lowest BCUT2D eigenvalue weighted by molar-refractivity contribution is -0.137. The summed E-state index contributed by atoms with van der Waals surface area (Å²) in [6.45, 7) is 1.55. The summed E-state index contributed by atoms with van der Waals surface area (Å²) >= 11 is 5.99. The predicted molar refractivity (Wildman–Crippen MR) is 143 cm³/mol. The van der Waals surface area contributed by atoms with Gasteiger partial charge in [0.25, 0.3) is 0 Å². The average molecular weight is 556 g/mol. The van der Waals surface area contributed by atoms with E-state index in [0.29, 0.717) is 27.9 Å². The van der Waals surface area contributed by atoms with Crippen molar-refractivity contribution in [1.29, 1.82) is 0 Å². The number of amides is 2. The van der Waals surface area contributed by atoms with Gasteiger partial charge in [-0.1, -0.05) is 23.7 Å². The van der Waals surface area contributed by atoms with E-state index >= 15 is 0 Å². The van der Waals surface area contributed by atoms with Gasteiger partial charge in [0, 0.05) is 36.1 Å². The molecule has 2 heterocycles. The molecule has 0 radical (unpaired) electrons. The lowest BCUT2D eigenvalue weighted by Crippen LogP contribution is -2.28. The number of nitrogens with one attached hydrogen (secondary N) is 2. The number of aliphatic imine (C=N–C) groups is 1. The number of carbonyl (C=O) groups is 1. The number of urea groups is 1. The molecule has 0 bridgehead atoms. The molecule has 200 valence electrons. The van der Waals surface area contributed by atoms with E-state index in [0.717, 1.165) is 24.1 Å². The number of hydrogen-bond donors (Lipinski definition) is 3. The van der Waals surface area contributed by atoms with Crippen molar-refractivity contribution < 1.29 is 22.7 Å². The number of carbonyl (C=O) groups excluding carboxylic acids is 1. The van der Waals surface area contributed by atoms with Crippen molar-refractivity contribution in [2.45, 2.75) is 13.1 Å². The van der Waals surface area contributed by atoms with Gasteiger partial charge < -0.3 is 21.1 Å². The molecule has 0 saturated heterocycles. The van der Waals surface area contributed by atoms with Crippen LogP contribution >= 0.6 is 11.6 Å². The van der Waals surface area contributed by atoms with Crippen LogP contribution in [0.15, 0.2) is 90.1 Å². The maximum Gasteiger partial charge on any atom is 0.416 e. The van der Waals surface area contributed by atoms with E-state index < -0.39 is 17.8 Å². The Kier molecular flexibility index (Phi) is 8.15. The van der Waals surface area contributed by atoms with Crippen molar-refractivity contribution in [2.75, 3.05) is 11.1 Å². The topological polar surface area (TPSA) is 119 Å². The highest BCUT2D eigenvalue weighted by atomic mass is 35.5. The summed E-state index contributed by atoms with van der Waals surface area (Å²) in [5.41, 5.74) is 6.97. The summed E-state index contributed by atoms with van der Waals surface area (Å²) in [5.74, 6) is 0.834. The molecule has 4 aromatic rings. The van der Waals surface area contributed by atoms with E-state index in [1.54, 1.807) is 49.5 Å². The minimum absolute atomic E-state index is 0.0792. The second kappa shape index (κ2) is 11.7. The zero-order chi connectivity index (χ0) is 28.0. The first-order valence-electron chi connectivity index (χ1n) is 11.3. The molecule has 0 spiro atoms. The highest BCUT2D eigenvalue weighted by Gasteiger charge is 2.31. The molecule has 2 aromatic heterocycles. The second-order valence-electron chi connectivity index (χ2n) is 8.05. The van der Waals surface area contributed by atoms with Crippen LogP contribution in [0.25, 0.3) is 16.8 Å². The number of pyridine rings is 1. The van der Waals surface area contributed by atoms with Crippen molar-refractivity contribution in [3.63, 3.8) is 0 Å². The smallest absolute Gasteiger partial charge is 0.416 e. The summed E-state index contributed by atoms with van der Waals surface area (Å²) < 4.78 is 46.4. The first-order valence-corrected chi connectivity index (χ1v) is 11.6. The third-order valence-corrected chi connectivity index (χ3v) is 5.41. The molecule has 39 heavy (non-hydrogen) atoms. The van der Waals surface area contributed by atoms with Gasteiger partial charge in [0.1, 0.15) is 11.6 Å². The van der Waals surface area contributed by atoms with Crippen LogP contribution in [-0.4, -0.2) is 27.2 Å². The number of hydrogen-bond acceptors (Lipinski definition) is 6. The molecule has 0 aliphatic rings. The molecular formula is C26H21ClF3N7O2. The largest absolute Gasteiger partial charge is 0.446 e. The van der Waals surface area contributed by atoms with E-state index in [4.69, 9.17) is 22.1 Å². The summed E-state index contributed by atoms with van der Waals surface area (Å²) in [5, 5.41) is 9.40. The minimum atomic E-state index is -4.58. The van der Waals surface area contributed by atoms with Gasteiger partial charge in [-0.15, -0.1) is 0 Å². The molecule has 0 aliphatic heterocycles. The van der Waals surface area contributed by atoms with Gasteiger partial charge in [0.15, 0.2) is 6.40 Å². The van der Waals surface area contributed by atoms with Crippen molar-refractivity contribution in [3.05, 3.63) is 95.7 Å². The van der Waals surface area contributed by atoms with Crippen molar-refractivity contribution in [1.82, 2.24) is 20.1 Å². The maximum absolute atomic E-state index is 13.2. The van der Waals surface area contributed by atoms with E-state index in [-0.39, 0.29) is 11.4 Å². The summed E-state index contributed by atoms with van der Waals surface area (Å²) in [6.07, 6.45) is 2.37. The molecule has 2 aromatic carbocycles. The minimum Gasteiger partial charge on any atom is -0.446 e. The highest BCUT2D eigenvalue weighted by Crippen LogP contribution is 2.33. The van der Waals surface area contributed by atoms with Gasteiger partial charge in [-0.25, -0.2) is 19.5 Å². The van der Waals surface area contributed by atoms with Crippen LogP contribution in [0.5, 0.6) is 5.75 Å². The van der Waals surface area contributed by atoms with E-state index in [1.165, 1.54) is 29.3 Å². The number of nitrogen functional groups attached to an aromatic ring is 1. The Hall–Kier alpha value is -4.84. The zero-order valence-corrected chi connectivity index (χ0v) is 21.0. The van der Waals surface area contributed by atoms with E-state index in [2.05, 4.69) is 25.7 Å². The number of alkyl halides is 3. The molecule has 9 nitrogen and oxygen atoms in total. The first kappa shape index (κ1) is 27.2. The highest BCUT2D eigenvalue weighted by molar-refractivity contribution is 6.30. The molecule has 0 atom stereocenters. The molecule has 13 heteroatoms. The van der Waals surface area contributed by atoms with Crippen LogP contribution < -0.4 is 21.1 Å². The van der Waals surface area contributed by atoms with Crippen LogP contribution in [0, 0.1) is 0 Å². The standard InChI is InChI=1S/C26H21ClF3N7O2/c1-16(13-32-15-39-20-6-3-17(4-7-20)21-12-19(27)14-33-24(21)31)35-25(38)36-22-11-18(26(28,29)30)5-8-23(22)37-10-2-9-34-37/h2-15H,1H3,(H2,31,33)(H2,35,36,38)/b16-13+,32-15+. The van der Waals surface area contributed by atoms with Crippen molar-refractivity contribution in [3.8, 4) is 22.6 Å². The number of aromatic nitrogens is 3. The quantitative estimate of drug-likeness (QED) is 0.183. The molecule has 0 aliphatic carbocycles. The normalized spacial score (nSPS) is 12.0. The van der Waals surface area contributed by atoms with Gasteiger partial charge in [-0.3, -0.25) is 0 Å². The Morgan fingerprint density at radius 2 is 1.95 bits per heavy atom. The van der Waals surface area contributed by atoms with E-state index in [9.17, 15) is 18.0 Å². The third kappa shape index (κ3) is 7.14. The van der Waals surface area contributed by atoms with Gasteiger partial charge in [-0.2, -0.15) is 18.3 Å². The van der Waals surface area contributed by atoms with Crippen LogP contribution in [-0.2, 0) is 6.18 Å². The van der Waals surface area contributed by atoms with Crippen molar-refractivity contribution >= 4 is 35.5 Å². The second-order valence-corrected chi connectivity index (χ2v) is 8.49. The summed E-state index contributed by atoms with van der Waals surface area (Å²) in [6, 6.07) is 12.5. The molecule has 4 rings (SSSR count). The fourth-order valence-electron chi connectivity index (χ4n) is 3.42. The van der Waals surface area contributed by atoms with Gasteiger partial charge in [0.05, 0.1) is 22.0 Å². The number of ether oxygens (including phenoxy) is 1. The number of rotatable bonds is 7. The Bertz CT molecular complexity index is 1520. The number of halogens is 4. The monoisotopic (exact) mass is 555 g/mol. The predicted octanol–water partition coefficient (Wildman–Crippen LogP) is 6.28. The lowest BCUT2D eigenvalue weighted by Gasteiger charge is -2.15. The van der Waals surface area contributed by atoms with Gasteiger partial charge >= 0.3 is 12.2 Å². The number of nitrogens with two attached hydrogens (primary N) is 1. The molecule has 4 N–H and O–H groups in total. The Morgan fingerprint density at radius 1 is 1.18 bits per heavy atom. The van der Waals surface area contributed by atoms with Crippen LogP contribution in [0.4, 0.5) is 29.5 Å². The summed E-state index contributed by atoms with van der Waals surface area (Å²) in [4.78, 5) is 20.5. The van der Waals surface area contributed by atoms with Crippen molar-refractivity contribution in [2.24, 2.45) is 4.99 Å². The number of nitrogens with zero attached hydrogens (tertiary/aromatic N) is 4. The van der Waals surface area contributed by atoms with E-state index in [1.807, 2.05) is 0 Å². The molecule has 2 amide bonds. The molecule has 0 saturated carbocycles. The summed E-state index contributed by atoms with van der Waals surface area (Å²) in [7, 11) is 0. The Labute approximate surface area is 225 Å². The lowest BCUT2D eigenvalue weighted by atomic mass is 10.1. The van der Waals surface area contributed by atoms with Gasteiger partial charge in [-0.05, 0) is 55.0 Å². The average Bonchev–Trinajstić information content (AvgIpc) is 3.43. The molecular weight excluding hydrogens is 535 g/mol. The third-order valence-electron chi connectivity index (χ3n) is 5.20. The number of allylic oxidation sites excluding steroid dienone is 1. The molecule has 0 fully saturated rings. The number of anilines is 2. The maximum atomic E-state index is 13.2. The van der Waals surface area contributed by atoms with Crippen LogP contribution in [0.3, 0.4) is 0 Å². The molecule has 0 unspecified atom stereocenters. The fraction of sp³-hybridized carbons (Fsp3) is 0.0769. The Balaban J connectivity index is 1.37. The Morgan fingerprint density at radius 3 is 2.64 bits per heavy atom. The fourth-order valence-corrected chi connectivity index (χ4v) is 3.57. The van der Waals surface area contributed by atoms with Gasteiger partial charge in [0.2, 0.25) is 0 Å². The SMILES string of the molecule is C/C(=C\N=C\Oc1ccc(-c2cc(Cl)cnc2N)cc1)NC(=O)Nc1cc(C(F)(F)F)ccc1-n1cccn1. The number of benzene rings is 2. The first-order chi connectivity index (χ1) is 18.6. The van der Waals surface area contributed by atoms with Crippen LogP contribution in [0.2, 0.25) is 5.02 Å².